The first-order valence-corrected chi connectivity index (χ1v) is 7.62. The Morgan fingerprint density at radius 1 is 0.700 bits per heavy atom. The highest BCUT2D eigenvalue weighted by Crippen LogP contribution is 2.29. The highest BCUT2D eigenvalue weighted by atomic mass is 31.1. The van der Waals surface area contributed by atoms with E-state index in [0.717, 1.165) is 0 Å². The second-order valence-corrected chi connectivity index (χ2v) is 4.60. The molecule has 2 rings (SSSR count). The minimum Gasteiger partial charge on any atom is -0.222 e. The van der Waals surface area contributed by atoms with Gasteiger partial charge in [0.2, 0.25) is 0 Å². The summed E-state index contributed by atoms with van der Waals surface area (Å²) in [4.78, 5) is 14.2. The summed E-state index contributed by atoms with van der Waals surface area (Å²) in [6, 6.07) is 17.8. The molecule has 0 aliphatic heterocycles. The average molecular weight is 314 g/mol. The third-order valence-electron chi connectivity index (χ3n) is 1.85. The van der Waals surface area contributed by atoms with Crippen molar-refractivity contribution in [2.45, 2.75) is 0 Å². The molecule has 0 aromatic heterocycles. The van der Waals surface area contributed by atoms with Gasteiger partial charge in [-0.1, -0.05) is 36.4 Å². The molecule has 0 amide bonds. The zero-order valence-corrected chi connectivity index (χ0v) is 12.0. The first kappa shape index (κ1) is 16.2. The number of benzene rings is 2. The van der Waals surface area contributed by atoms with Gasteiger partial charge < -0.3 is 0 Å². The minimum atomic E-state index is -2.87. The second kappa shape index (κ2) is 9.13. The first-order valence-electron chi connectivity index (χ1n) is 5.36. The molecule has 6 nitrogen and oxygen atoms in total. The minimum absolute atomic E-state index is 0.527. The van der Waals surface area contributed by atoms with Crippen molar-refractivity contribution in [2.24, 2.45) is 0 Å². The third-order valence-corrected chi connectivity index (χ3v) is 2.57. The van der Waals surface area contributed by atoms with Crippen molar-refractivity contribution in [3.63, 3.8) is 0 Å². The summed E-state index contributed by atoms with van der Waals surface area (Å²) in [5.74, 6) is 1.05. The summed E-state index contributed by atoms with van der Waals surface area (Å²) in [6.07, 6.45) is 0. The quantitative estimate of drug-likeness (QED) is 0.840. The molecule has 0 bridgehead atoms. The van der Waals surface area contributed by atoms with Gasteiger partial charge >= 0.3 is 16.5 Å². The van der Waals surface area contributed by atoms with E-state index in [-0.39, 0.29) is 0 Å². The molecule has 0 spiro atoms. The van der Waals surface area contributed by atoms with Gasteiger partial charge in [-0.3, -0.25) is 0 Å². The summed E-state index contributed by atoms with van der Waals surface area (Å²) in [7, 11) is -5.05. The van der Waals surface area contributed by atoms with E-state index in [0.29, 0.717) is 11.5 Å². The van der Waals surface area contributed by atoms with Gasteiger partial charge in [0, 0.05) is 9.13 Å². The Hall–Kier alpha value is -1.84. The van der Waals surface area contributed by atoms with Crippen LogP contribution in [-0.2, 0) is 9.13 Å². The zero-order valence-electron chi connectivity index (χ0n) is 10.2. The molecule has 0 atom stereocenters. The lowest BCUT2D eigenvalue weighted by atomic mass is 10.3. The fourth-order valence-corrected chi connectivity index (χ4v) is 1.78. The van der Waals surface area contributed by atoms with Crippen LogP contribution in [0.2, 0.25) is 0 Å². The number of para-hydroxylation sites is 2. The van der Waals surface area contributed by atoms with E-state index >= 15 is 0 Å². The molecule has 2 N–H and O–H groups in total. The van der Waals surface area contributed by atoms with E-state index < -0.39 is 16.5 Å². The summed E-state index contributed by atoms with van der Waals surface area (Å²) in [5, 5.41) is 0. The van der Waals surface area contributed by atoms with Gasteiger partial charge in [0.05, 0.1) is 0 Å². The Labute approximate surface area is 117 Å². The largest absolute Gasteiger partial charge is 0.805 e. The van der Waals surface area contributed by atoms with Crippen molar-refractivity contribution in [3.05, 3.63) is 60.7 Å². The van der Waals surface area contributed by atoms with Gasteiger partial charge in [-0.15, -0.1) is 9.79 Å². The van der Waals surface area contributed by atoms with Gasteiger partial charge in [-0.2, -0.15) is 0 Å². The lowest BCUT2D eigenvalue weighted by Crippen LogP contribution is -1.87. The van der Waals surface area contributed by atoms with Gasteiger partial charge in [0.15, 0.2) is 11.5 Å². The van der Waals surface area contributed by atoms with Crippen LogP contribution in [-0.4, -0.2) is 9.79 Å². The molecule has 104 valence electrons. The smallest absolute Gasteiger partial charge is 0.222 e. The molecule has 0 saturated carbocycles. The van der Waals surface area contributed by atoms with E-state index in [9.17, 15) is 4.57 Å². The Bertz CT molecular complexity index is 499. The highest BCUT2D eigenvalue weighted by molar-refractivity contribution is 7.34. The summed E-state index contributed by atoms with van der Waals surface area (Å²) >= 11 is 0. The maximum atomic E-state index is 11.5. The van der Waals surface area contributed by atoms with Crippen LogP contribution in [0, 0.1) is 0 Å². The molecule has 0 saturated heterocycles. The molecule has 0 radical (unpaired) electrons. The van der Waals surface area contributed by atoms with Crippen molar-refractivity contribution < 1.29 is 28.0 Å². The number of hydrogen-bond donors (Lipinski definition) is 2. The normalized spacial score (nSPS) is 8.90. The summed E-state index contributed by atoms with van der Waals surface area (Å²) in [5.41, 5.74) is 0. The fourth-order valence-electron chi connectivity index (χ4n) is 1.15. The van der Waals surface area contributed by atoms with Crippen LogP contribution >= 0.6 is 16.5 Å². The average Bonchev–Trinajstić information content (AvgIpc) is 2.40. The third kappa shape index (κ3) is 7.56. The van der Waals surface area contributed by atoms with Crippen LogP contribution in [0.4, 0.5) is 0 Å². The molecule has 0 fully saturated rings. The molecule has 20 heavy (non-hydrogen) atoms. The van der Waals surface area contributed by atoms with Crippen molar-refractivity contribution >= 4 is 16.5 Å². The molecule has 0 aliphatic rings. The van der Waals surface area contributed by atoms with Crippen molar-refractivity contribution in [3.8, 4) is 11.5 Å². The fraction of sp³-hybridized carbons (Fsp3) is 0. The molecule has 8 heteroatoms. The number of hydrogen-bond acceptors (Lipinski definition) is 4. The SMILES string of the molecule is O=[P+](O)O.O=[P+](Oc1ccccc1)Oc1ccccc1. The van der Waals surface area contributed by atoms with Crippen LogP contribution in [0.5, 0.6) is 11.5 Å². The van der Waals surface area contributed by atoms with Gasteiger partial charge in [-0.05, 0) is 24.3 Å². The standard InChI is InChI=1S/C12H10O3P.HO3P/c13-16(14-11-7-3-1-4-8-11)15-12-9-5-2-6-10-12;1-4(2)3/h1-10H;(H-,1,2,3)/q+1;/p+1. The predicted octanol–water partition coefficient (Wildman–Crippen LogP) is 3.43. The lowest BCUT2D eigenvalue weighted by molar-refractivity contribution is 0.405. The Kier molecular flexibility index (Phi) is 7.40. The zero-order chi connectivity index (χ0) is 14.8. The highest BCUT2D eigenvalue weighted by Gasteiger charge is 2.23. The van der Waals surface area contributed by atoms with Gasteiger partial charge in [0.1, 0.15) is 0 Å². The molecule has 2 aromatic rings. The molecule has 0 heterocycles. The van der Waals surface area contributed by atoms with Crippen molar-refractivity contribution in [1.82, 2.24) is 0 Å². The number of rotatable bonds is 4. The predicted molar refractivity (Wildman–Crippen MR) is 73.8 cm³/mol. The second-order valence-electron chi connectivity index (χ2n) is 3.29. The Morgan fingerprint density at radius 3 is 1.30 bits per heavy atom. The van der Waals surface area contributed by atoms with Crippen molar-refractivity contribution in [1.29, 1.82) is 0 Å². The molecule has 2 aromatic carbocycles. The van der Waals surface area contributed by atoms with E-state index in [2.05, 4.69) is 0 Å². The summed E-state index contributed by atoms with van der Waals surface area (Å²) < 4.78 is 30.4. The van der Waals surface area contributed by atoms with Crippen LogP contribution in [0.15, 0.2) is 60.7 Å². The molecular weight excluding hydrogens is 302 g/mol. The van der Waals surface area contributed by atoms with Crippen LogP contribution < -0.4 is 9.05 Å². The van der Waals surface area contributed by atoms with E-state index in [1.807, 2.05) is 12.1 Å². The maximum absolute atomic E-state index is 11.5. The monoisotopic (exact) mass is 314 g/mol. The first-order chi connectivity index (χ1) is 9.58. The van der Waals surface area contributed by atoms with E-state index in [4.69, 9.17) is 23.4 Å². The molecule has 0 unspecified atom stereocenters. The van der Waals surface area contributed by atoms with Gasteiger partial charge in [-0.25, -0.2) is 9.05 Å². The summed E-state index contributed by atoms with van der Waals surface area (Å²) in [6.45, 7) is 0. The van der Waals surface area contributed by atoms with Crippen LogP contribution in [0.1, 0.15) is 0 Å². The van der Waals surface area contributed by atoms with Gasteiger partial charge in [0.25, 0.3) is 0 Å². The topological polar surface area (TPSA) is 93.1 Å². The van der Waals surface area contributed by atoms with Crippen molar-refractivity contribution in [2.75, 3.05) is 0 Å². The molecule has 0 aliphatic carbocycles. The van der Waals surface area contributed by atoms with Crippen LogP contribution in [0.3, 0.4) is 0 Å². The molecular formula is C12H12O6P2+2. The maximum Gasteiger partial charge on any atom is 0.805 e. The lowest BCUT2D eigenvalue weighted by Gasteiger charge is -1.92. The van der Waals surface area contributed by atoms with E-state index in [1.165, 1.54) is 0 Å². The van der Waals surface area contributed by atoms with E-state index in [1.54, 1.807) is 48.5 Å². The Morgan fingerprint density at radius 2 is 1.00 bits per heavy atom. The Balaban J connectivity index is 0.000000444. The van der Waals surface area contributed by atoms with Crippen LogP contribution in [0.25, 0.3) is 0 Å².